The fourth-order valence-electron chi connectivity index (χ4n) is 2.35. The molecule has 0 saturated heterocycles. The summed E-state index contributed by atoms with van der Waals surface area (Å²) in [6.07, 6.45) is 0.643. The lowest BCUT2D eigenvalue weighted by molar-refractivity contribution is -0.135. The summed E-state index contributed by atoms with van der Waals surface area (Å²) in [6, 6.07) is 3.92. The number of rotatable bonds is 2. The number of carbonyl (C=O) groups is 2. The Balaban J connectivity index is 2.19. The zero-order valence-electron chi connectivity index (χ0n) is 11.9. The molecular weight excluding hydrogens is 256 g/mol. The topological polar surface area (TPSA) is 79.1 Å². The van der Waals surface area contributed by atoms with Crippen molar-refractivity contribution in [3.63, 3.8) is 0 Å². The van der Waals surface area contributed by atoms with E-state index in [4.69, 9.17) is 0 Å². The lowest BCUT2D eigenvalue weighted by Crippen LogP contribution is -2.40. The smallest absolute Gasteiger partial charge is 0.187 e. The van der Waals surface area contributed by atoms with E-state index < -0.39 is 6.04 Å². The molecule has 1 N–H and O–H groups in total. The Morgan fingerprint density at radius 1 is 1.20 bits per heavy atom. The van der Waals surface area contributed by atoms with Crippen molar-refractivity contribution in [2.75, 3.05) is 0 Å². The molecule has 0 radical (unpaired) electrons. The normalized spacial score (nSPS) is 19.8. The zero-order chi connectivity index (χ0) is 14.9. The fourth-order valence-corrected chi connectivity index (χ4v) is 2.35. The van der Waals surface area contributed by atoms with Crippen LogP contribution in [-0.2, 0) is 9.59 Å². The van der Waals surface area contributed by atoms with E-state index >= 15 is 0 Å². The largest absolute Gasteiger partial charge is 0.506 e. The van der Waals surface area contributed by atoms with E-state index in [1.54, 1.807) is 18.2 Å². The molecular formula is C15H18N2O3. The molecule has 1 fully saturated rings. The number of phenols is 1. The highest BCUT2D eigenvalue weighted by Crippen LogP contribution is 2.33. The van der Waals surface area contributed by atoms with Crippen LogP contribution in [0.15, 0.2) is 28.4 Å². The van der Waals surface area contributed by atoms with Crippen LogP contribution in [0.25, 0.3) is 0 Å². The maximum absolute atomic E-state index is 11.9. The molecule has 20 heavy (non-hydrogen) atoms. The molecule has 0 aromatic heterocycles. The van der Waals surface area contributed by atoms with Crippen molar-refractivity contribution in [2.24, 2.45) is 15.6 Å². The minimum absolute atomic E-state index is 0.00946. The fraction of sp³-hybridized carbons (Fsp3) is 0.467. The minimum atomic E-state index is -1.02. The summed E-state index contributed by atoms with van der Waals surface area (Å²) in [5.41, 5.74) is 0.862. The van der Waals surface area contributed by atoms with Gasteiger partial charge in [0, 0.05) is 12.8 Å². The number of carbonyl (C=O) groups excluding carboxylic acids is 2. The van der Waals surface area contributed by atoms with Gasteiger partial charge in [0.1, 0.15) is 11.4 Å². The lowest BCUT2D eigenvalue weighted by atomic mass is 9.74. The van der Waals surface area contributed by atoms with Gasteiger partial charge in [-0.3, -0.25) is 9.59 Å². The number of hydrogen-bond donors (Lipinski definition) is 1. The van der Waals surface area contributed by atoms with Crippen molar-refractivity contribution in [1.82, 2.24) is 0 Å². The van der Waals surface area contributed by atoms with Gasteiger partial charge >= 0.3 is 0 Å². The molecule has 106 valence electrons. The molecule has 0 aliphatic heterocycles. The van der Waals surface area contributed by atoms with Crippen LogP contribution in [0.2, 0.25) is 0 Å². The van der Waals surface area contributed by atoms with Gasteiger partial charge in [-0.15, -0.1) is 0 Å². The standard InChI is InChI=1S/C15H18N2O3/c1-9-4-5-10(11(18)6-9)16-17-14-12(19)7-15(2,3)8-13(14)20/h4-6,14,18H,7-8H2,1-3H3. The van der Waals surface area contributed by atoms with Crippen molar-refractivity contribution in [2.45, 2.75) is 39.7 Å². The zero-order valence-corrected chi connectivity index (χ0v) is 11.9. The number of ketones is 2. The summed E-state index contributed by atoms with van der Waals surface area (Å²) < 4.78 is 0. The van der Waals surface area contributed by atoms with Gasteiger partial charge in [0.2, 0.25) is 0 Å². The van der Waals surface area contributed by atoms with Gasteiger partial charge in [-0.1, -0.05) is 19.9 Å². The van der Waals surface area contributed by atoms with Crippen LogP contribution in [0.1, 0.15) is 32.3 Å². The molecule has 0 amide bonds. The molecule has 0 bridgehead atoms. The number of aromatic hydroxyl groups is 1. The second-order valence-corrected chi connectivity index (χ2v) is 6.06. The molecule has 1 aliphatic carbocycles. The number of benzene rings is 1. The maximum Gasteiger partial charge on any atom is 0.187 e. The number of Topliss-reactive ketones (excluding diaryl/α,β-unsaturated/α-hetero) is 2. The second kappa shape index (κ2) is 5.15. The van der Waals surface area contributed by atoms with Crippen LogP contribution in [0.3, 0.4) is 0 Å². The highest BCUT2D eigenvalue weighted by Gasteiger charge is 2.39. The third-order valence-corrected chi connectivity index (χ3v) is 3.33. The number of aryl methyl sites for hydroxylation is 1. The van der Waals surface area contributed by atoms with Gasteiger partial charge in [-0.05, 0) is 30.0 Å². The van der Waals surface area contributed by atoms with Crippen LogP contribution < -0.4 is 0 Å². The summed E-state index contributed by atoms with van der Waals surface area (Å²) in [6.45, 7) is 5.63. The first kappa shape index (κ1) is 14.4. The lowest BCUT2D eigenvalue weighted by Gasteiger charge is -2.29. The molecule has 0 atom stereocenters. The van der Waals surface area contributed by atoms with E-state index in [1.165, 1.54) is 0 Å². The van der Waals surface area contributed by atoms with Gasteiger partial charge in [-0.2, -0.15) is 10.2 Å². The van der Waals surface area contributed by atoms with Gasteiger partial charge < -0.3 is 5.11 Å². The molecule has 5 heteroatoms. The quantitative estimate of drug-likeness (QED) is 0.664. The minimum Gasteiger partial charge on any atom is -0.506 e. The Labute approximate surface area is 117 Å². The molecule has 2 rings (SSSR count). The predicted molar refractivity (Wildman–Crippen MR) is 74.2 cm³/mol. The van der Waals surface area contributed by atoms with Crippen molar-refractivity contribution in [3.8, 4) is 5.75 Å². The van der Waals surface area contributed by atoms with Crippen LogP contribution >= 0.6 is 0 Å². The van der Waals surface area contributed by atoms with Crippen molar-refractivity contribution in [1.29, 1.82) is 0 Å². The van der Waals surface area contributed by atoms with Gasteiger partial charge in [-0.25, -0.2) is 0 Å². The average molecular weight is 274 g/mol. The SMILES string of the molecule is Cc1ccc(N=NC2C(=O)CC(C)(C)CC2=O)c(O)c1. The van der Waals surface area contributed by atoms with Gasteiger partial charge in [0.15, 0.2) is 17.6 Å². The number of nitrogens with zero attached hydrogens (tertiary/aromatic N) is 2. The molecule has 1 aromatic rings. The van der Waals surface area contributed by atoms with E-state index in [2.05, 4.69) is 10.2 Å². The highest BCUT2D eigenvalue weighted by atomic mass is 16.3. The summed E-state index contributed by atoms with van der Waals surface area (Å²) in [4.78, 5) is 23.9. The van der Waals surface area contributed by atoms with E-state index in [-0.39, 0.29) is 28.4 Å². The first-order valence-electron chi connectivity index (χ1n) is 6.54. The number of hydrogen-bond acceptors (Lipinski definition) is 5. The Morgan fingerprint density at radius 3 is 2.35 bits per heavy atom. The van der Waals surface area contributed by atoms with E-state index in [1.807, 2.05) is 20.8 Å². The van der Waals surface area contributed by atoms with Crippen molar-refractivity contribution >= 4 is 17.3 Å². The molecule has 0 unspecified atom stereocenters. The van der Waals surface area contributed by atoms with Crippen molar-refractivity contribution in [3.05, 3.63) is 23.8 Å². The van der Waals surface area contributed by atoms with E-state index in [9.17, 15) is 14.7 Å². The first-order valence-corrected chi connectivity index (χ1v) is 6.54. The van der Waals surface area contributed by atoms with Crippen LogP contribution in [0.5, 0.6) is 5.75 Å². The van der Waals surface area contributed by atoms with Gasteiger partial charge in [0.05, 0.1) is 0 Å². The van der Waals surface area contributed by atoms with Crippen molar-refractivity contribution < 1.29 is 14.7 Å². The Hall–Kier alpha value is -2.04. The molecule has 5 nitrogen and oxygen atoms in total. The Morgan fingerprint density at radius 2 is 1.80 bits per heavy atom. The maximum atomic E-state index is 11.9. The molecule has 0 heterocycles. The van der Waals surface area contributed by atoms with Crippen LogP contribution in [0, 0.1) is 12.3 Å². The van der Waals surface area contributed by atoms with Gasteiger partial charge in [0.25, 0.3) is 0 Å². The Bertz CT molecular complexity index is 571. The monoisotopic (exact) mass is 274 g/mol. The second-order valence-electron chi connectivity index (χ2n) is 6.06. The van der Waals surface area contributed by atoms with Crippen LogP contribution in [0.4, 0.5) is 5.69 Å². The molecule has 1 saturated carbocycles. The Kier molecular flexibility index (Phi) is 3.70. The third kappa shape index (κ3) is 3.10. The summed E-state index contributed by atoms with van der Waals surface area (Å²) in [7, 11) is 0. The summed E-state index contributed by atoms with van der Waals surface area (Å²) >= 11 is 0. The number of azo groups is 1. The average Bonchev–Trinajstić information content (AvgIpc) is 2.28. The first-order chi connectivity index (χ1) is 9.28. The predicted octanol–water partition coefficient (Wildman–Crippen LogP) is 3.11. The van der Waals surface area contributed by atoms with E-state index in [0.717, 1.165) is 5.56 Å². The highest BCUT2D eigenvalue weighted by molar-refractivity contribution is 6.09. The van der Waals surface area contributed by atoms with E-state index in [0.29, 0.717) is 12.8 Å². The third-order valence-electron chi connectivity index (χ3n) is 3.33. The summed E-state index contributed by atoms with van der Waals surface area (Å²) in [5, 5.41) is 17.4. The number of phenolic OH excluding ortho intramolecular Hbond substituents is 1. The van der Waals surface area contributed by atoms with Crippen LogP contribution in [-0.4, -0.2) is 22.7 Å². The summed E-state index contributed by atoms with van der Waals surface area (Å²) in [5.74, 6) is -0.423. The molecule has 1 aromatic carbocycles. The molecule has 0 spiro atoms. The molecule has 1 aliphatic rings.